The number of aryl methyl sites for hydroxylation is 1. The maximum atomic E-state index is 11.7. The van der Waals surface area contributed by atoms with E-state index in [1.807, 2.05) is 31.2 Å². The molecule has 0 fully saturated rings. The molecule has 0 aliphatic carbocycles. The number of hydrogen-bond acceptors (Lipinski definition) is 3. The van der Waals surface area contributed by atoms with Gasteiger partial charge in [0.15, 0.2) is 0 Å². The van der Waals surface area contributed by atoms with E-state index in [1.54, 1.807) is 12.4 Å². The SMILES string of the molecule is Cc1cccc(NC(=O)NCCc2cncnc2)c1. The Hall–Kier alpha value is -2.43. The van der Waals surface area contributed by atoms with Gasteiger partial charge in [0.1, 0.15) is 6.33 Å². The van der Waals surface area contributed by atoms with E-state index in [0.717, 1.165) is 16.8 Å². The van der Waals surface area contributed by atoms with Gasteiger partial charge in [-0.25, -0.2) is 14.8 Å². The van der Waals surface area contributed by atoms with Crippen molar-refractivity contribution >= 4 is 11.7 Å². The van der Waals surface area contributed by atoms with Crippen LogP contribution in [-0.2, 0) is 6.42 Å². The van der Waals surface area contributed by atoms with E-state index in [9.17, 15) is 4.79 Å². The van der Waals surface area contributed by atoms with Gasteiger partial charge in [0.05, 0.1) is 0 Å². The first-order valence-corrected chi connectivity index (χ1v) is 6.09. The molecule has 0 aliphatic rings. The average molecular weight is 256 g/mol. The molecule has 19 heavy (non-hydrogen) atoms. The molecule has 98 valence electrons. The Morgan fingerprint density at radius 1 is 1.26 bits per heavy atom. The summed E-state index contributed by atoms with van der Waals surface area (Å²) in [6, 6.07) is 7.47. The highest BCUT2D eigenvalue weighted by molar-refractivity contribution is 5.89. The molecule has 0 saturated carbocycles. The fourth-order valence-electron chi connectivity index (χ4n) is 1.68. The van der Waals surface area contributed by atoms with Crippen LogP contribution >= 0.6 is 0 Å². The zero-order chi connectivity index (χ0) is 13.5. The third-order valence-electron chi connectivity index (χ3n) is 2.59. The Morgan fingerprint density at radius 2 is 2.05 bits per heavy atom. The average Bonchev–Trinajstić information content (AvgIpc) is 2.40. The summed E-state index contributed by atoms with van der Waals surface area (Å²) >= 11 is 0. The number of urea groups is 1. The summed E-state index contributed by atoms with van der Waals surface area (Å²) in [4.78, 5) is 19.5. The second kappa shape index (κ2) is 6.49. The number of aromatic nitrogens is 2. The molecule has 2 N–H and O–H groups in total. The molecule has 0 bridgehead atoms. The second-order valence-corrected chi connectivity index (χ2v) is 4.25. The third kappa shape index (κ3) is 4.39. The minimum Gasteiger partial charge on any atom is -0.338 e. The number of benzene rings is 1. The number of rotatable bonds is 4. The standard InChI is InChI=1S/C14H16N4O/c1-11-3-2-4-13(7-11)18-14(19)17-6-5-12-8-15-10-16-9-12/h2-4,7-10H,5-6H2,1H3,(H2,17,18,19). The van der Waals surface area contributed by atoms with Crippen LogP contribution in [0, 0.1) is 6.92 Å². The highest BCUT2D eigenvalue weighted by Crippen LogP contribution is 2.08. The molecule has 0 saturated heterocycles. The Balaban J connectivity index is 1.76. The lowest BCUT2D eigenvalue weighted by Gasteiger charge is -2.07. The maximum Gasteiger partial charge on any atom is 0.319 e. The van der Waals surface area contributed by atoms with Crippen LogP contribution in [0.1, 0.15) is 11.1 Å². The maximum absolute atomic E-state index is 11.7. The van der Waals surface area contributed by atoms with Crippen molar-refractivity contribution in [2.75, 3.05) is 11.9 Å². The summed E-state index contributed by atoms with van der Waals surface area (Å²) in [7, 11) is 0. The molecule has 0 aliphatic heterocycles. The van der Waals surface area contributed by atoms with Crippen molar-refractivity contribution in [2.45, 2.75) is 13.3 Å². The van der Waals surface area contributed by atoms with Crippen molar-refractivity contribution in [1.29, 1.82) is 0 Å². The number of anilines is 1. The third-order valence-corrected chi connectivity index (χ3v) is 2.59. The van der Waals surface area contributed by atoms with Crippen LogP contribution in [-0.4, -0.2) is 22.5 Å². The highest BCUT2D eigenvalue weighted by atomic mass is 16.2. The predicted octanol–water partition coefficient (Wildman–Crippen LogP) is 2.15. The lowest BCUT2D eigenvalue weighted by atomic mass is 10.2. The summed E-state index contributed by atoms with van der Waals surface area (Å²) < 4.78 is 0. The van der Waals surface area contributed by atoms with Crippen LogP contribution in [0.2, 0.25) is 0 Å². The molecule has 2 amide bonds. The van der Waals surface area contributed by atoms with Gasteiger partial charge < -0.3 is 10.6 Å². The van der Waals surface area contributed by atoms with Crippen molar-refractivity contribution in [2.24, 2.45) is 0 Å². The van der Waals surface area contributed by atoms with E-state index < -0.39 is 0 Å². The van der Waals surface area contributed by atoms with Gasteiger partial charge in [-0.15, -0.1) is 0 Å². The van der Waals surface area contributed by atoms with Crippen molar-refractivity contribution in [3.8, 4) is 0 Å². The van der Waals surface area contributed by atoms with Crippen LogP contribution < -0.4 is 10.6 Å². The lowest BCUT2D eigenvalue weighted by Crippen LogP contribution is -2.30. The van der Waals surface area contributed by atoms with E-state index in [0.29, 0.717) is 13.0 Å². The fraction of sp³-hybridized carbons (Fsp3) is 0.214. The lowest BCUT2D eigenvalue weighted by molar-refractivity contribution is 0.252. The quantitative estimate of drug-likeness (QED) is 0.880. The summed E-state index contributed by atoms with van der Waals surface area (Å²) in [6.07, 6.45) is 5.68. The Bertz CT molecular complexity index is 542. The molecule has 0 unspecified atom stereocenters. The molecular formula is C14H16N4O. The Kier molecular flexibility index (Phi) is 4.44. The van der Waals surface area contributed by atoms with Gasteiger partial charge in [-0.1, -0.05) is 12.1 Å². The van der Waals surface area contributed by atoms with Crippen molar-refractivity contribution < 1.29 is 4.79 Å². The molecule has 5 nitrogen and oxygen atoms in total. The smallest absolute Gasteiger partial charge is 0.319 e. The molecule has 1 aromatic heterocycles. The van der Waals surface area contributed by atoms with Gasteiger partial charge in [0.2, 0.25) is 0 Å². The summed E-state index contributed by atoms with van der Waals surface area (Å²) in [6.45, 7) is 2.53. The van der Waals surface area contributed by atoms with Crippen LogP contribution in [0.15, 0.2) is 43.0 Å². The number of carbonyl (C=O) groups is 1. The summed E-state index contributed by atoms with van der Waals surface area (Å²) in [5, 5.41) is 5.58. The predicted molar refractivity (Wildman–Crippen MR) is 73.9 cm³/mol. The summed E-state index contributed by atoms with van der Waals surface area (Å²) in [5.41, 5.74) is 2.90. The first-order valence-electron chi connectivity index (χ1n) is 6.09. The van der Waals surface area contributed by atoms with Crippen LogP contribution in [0.5, 0.6) is 0 Å². The van der Waals surface area contributed by atoms with Crippen molar-refractivity contribution in [1.82, 2.24) is 15.3 Å². The molecule has 5 heteroatoms. The van der Waals surface area contributed by atoms with Crippen LogP contribution in [0.25, 0.3) is 0 Å². The van der Waals surface area contributed by atoms with Crippen molar-refractivity contribution in [3.63, 3.8) is 0 Å². The number of carbonyl (C=O) groups excluding carboxylic acids is 1. The second-order valence-electron chi connectivity index (χ2n) is 4.25. The number of hydrogen-bond donors (Lipinski definition) is 2. The topological polar surface area (TPSA) is 66.9 Å². The molecule has 0 spiro atoms. The van der Waals surface area contributed by atoms with Crippen LogP contribution in [0.4, 0.5) is 10.5 Å². The molecular weight excluding hydrogens is 240 g/mol. The minimum absolute atomic E-state index is 0.206. The molecule has 1 heterocycles. The zero-order valence-electron chi connectivity index (χ0n) is 10.8. The van der Waals surface area contributed by atoms with E-state index in [2.05, 4.69) is 20.6 Å². The Morgan fingerprint density at radius 3 is 2.79 bits per heavy atom. The monoisotopic (exact) mass is 256 g/mol. The van der Waals surface area contributed by atoms with E-state index >= 15 is 0 Å². The first kappa shape index (κ1) is 13.0. The summed E-state index contributed by atoms with van der Waals surface area (Å²) in [5.74, 6) is 0. The minimum atomic E-state index is -0.206. The normalized spacial score (nSPS) is 9.95. The largest absolute Gasteiger partial charge is 0.338 e. The van der Waals surface area contributed by atoms with Gasteiger partial charge in [-0.3, -0.25) is 0 Å². The van der Waals surface area contributed by atoms with Crippen molar-refractivity contribution in [3.05, 3.63) is 54.1 Å². The van der Waals surface area contributed by atoms with Gasteiger partial charge in [-0.2, -0.15) is 0 Å². The molecule has 0 atom stereocenters. The Labute approximate surface area is 112 Å². The molecule has 0 radical (unpaired) electrons. The van der Waals surface area contributed by atoms with Gasteiger partial charge in [0.25, 0.3) is 0 Å². The highest BCUT2D eigenvalue weighted by Gasteiger charge is 2.01. The molecule has 1 aromatic carbocycles. The van der Waals surface area contributed by atoms with E-state index in [-0.39, 0.29) is 6.03 Å². The van der Waals surface area contributed by atoms with Gasteiger partial charge in [0, 0.05) is 24.6 Å². The number of nitrogens with one attached hydrogen (secondary N) is 2. The molecule has 2 aromatic rings. The number of amides is 2. The zero-order valence-corrected chi connectivity index (χ0v) is 10.8. The number of nitrogens with zero attached hydrogens (tertiary/aromatic N) is 2. The van der Waals surface area contributed by atoms with Gasteiger partial charge in [-0.05, 0) is 36.6 Å². The van der Waals surface area contributed by atoms with E-state index in [4.69, 9.17) is 0 Å². The van der Waals surface area contributed by atoms with Gasteiger partial charge >= 0.3 is 6.03 Å². The molecule has 2 rings (SSSR count). The van der Waals surface area contributed by atoms with E-state index in [1.165, 1.54) is 6.33 Å². The first-order chi connectivity index (χ1) is 9.24. The van der Waals surface area contributed by atoms with Crippen LogP contribution in [0.3, 0.4) is 0 Å². The fourth-order valence-corrected chi connectivity index (χ4v) is 1.68.